The average Bonchev–Trinajstić information content (AvgIpc) is 2.42. The SMILES string of the molecule is COCC(C)(O)CNC(=O)c1cc(C(F)(F)F)cc(C(F)(F)F)c1. The van der Waals surface area contributed by atoms with Gasteiger partial charge < -0.3 is 15.2 Å². The molecule has 136 valence electrons. The summed E-state index contributed by atoms with van der Waals surface area (Å²) < 4.78 is 81.0. The molecular formula is C14H15F6NO3. The predicted octanol–water partition coefficient (Wildman–Crippen LogP) is 2.85. The Morgan fingerprint density at radius 2 is 1.54 bits per heavy atom. The lowest BCUT2D eigenvalue weighted by atomic mass is 10.0. The van der Waals surface area contributed by atoms with E-state index in [1.807, 2.05) is 0 Å². The first-order chi connectivity index (χ1) is 10.8. The van der Waals surface area contributed by atoms with Crippen molar-refractivity contribution in [2.24, 2.45) is 0 Å². The molecule has 0 saturated carbocycles. The van der Waals surface area contributed by atoms with Gasteiger partial charge in [-0.3, -0.25) is 4.79 Å². The van der Waals surface area contributed by atoms with Crippen LogP contribution in [0, 0.1) is 0 Å². The Kier molecular flexibility index (Phi) is 5.88. The maximum absolute atomic E-state index is 12.7. The molecule has 1 aromatic rings. The number of alkyl halides is 6. The van der Waals surface area contributed by atoms with Gasteiger partial charge in [0.05, 0.1) is 17.7 Å². The van der Waals surface area contributed by atoms with Gasteiger partial charge in [0, 0.05) is 19.2 Å². The standard InChI is InChI=1S/C14H15F6NO3/c1-12(23,7-24-2)6-21-11(22)8-3-9(13(15,16)17)5-10(4-8)14(18,19)20/h3-5,23H,6-7H2,1-2H3,(H,21,22). The van der Waals surface area contributed by atoms with E-state index < -0.39 is 47.1 Å². The van der Waals surface area contributed by atoms with Crippen LogP contribution >= 0.6 is 0 Å². The highest BCUT2D eigenvalue weighted by atomic mass is 19.4. The van der Waals surface area contributed by atoms with Gasteiger partial charge in [0.1, 0.15) is 5.60 Å². The number of amides is 1. The molecule has 1 atom stereocenters. The van der Waals surface area contributed by atoms with Gasteiger partial charge in [-0.1, -0.05) is 0 Å². The highest BCUT2D eigenvalue weighted by Gasteiger charge is 2.37. The number of rotatable bonds is 5. The van der Waals surface area contributed by atoms with Crippen LogP contribution < -0.4 is 5.32 Å². The first-order valence-corrected chi connectivity index (χ1v) is 6.55. The van der Waals surface area contributed by atoms with E-state index in [0.717, 1.165) is 0 Å². The molecule has 0 aliphatic heterocycles. The fourth-order valence-corrected chi connectivity index (χ4v) is 1.82. The van der Waals surface area contributed by atoms with Crippen LogP contribution in [0.3, 0.4) is 0 Å². The van der Waals surface area contributed by atoms with Crippen LogP contribution in [0.5, 0.6) is 0 Å². The summed E-state index contributed by atoms with van der Waals surface area (Å²) in [6.07, 6.45) is -10.1. The summed E-state index contributed by atoms with van der Waals surface area (Å²) >= 11 is 0. The van der Waals surface area contributed by atoms with Crippen LogP contribution in [0.15, 0.2) is 18.2 Å². The van der Waals surface area contributed by atoms with Gasteiger partial charge >= 0.3 is 12.4 Å². The van der Waals surface area contributed by atoms with Gasteiger partial charge in [-0.2, -0.15) is 26.3 Å². The molecule has 0 heterocycles. The van der Waals surface area contributed by atoms with Gasteiger partial charge in [0.25, 0.3) is 5.91 Å². The van der Waals surface area contributed by atoms with Crippen molar-refractivity contribution in [3.05, 3.63) is 34.9 Å². The average molecular weight is 359 g/mol. The fourth-order valence-electron chi connectivity index (χ4n) is 1.82. The van der Waals surface area contributed by atoms with Gasteiger partial charge in [-0.05, 0) is 25.1 Å². The van der Waals surface area contributed by atoms with Gasteiger partial charge in [0.2, 0.25) is 0 Å². The van der Waals surface area contributed by atoms with Crippen molar-refractivity contribution in [3.8, 4) is 0 Å². The molecule has 1 rings (SSSR count). The van der Waals surface area contributed by atoms with E-state index in [4.69, 9.17) is 0 Å². The van der Waals surface area contributed by atoms with E-state index in [0.29, 0.717) is 12.1 Å². The molecule has 0 radical (unpaired) electrons. The monoisotopic (exact) mass is 359 g/mol. The molecule has 24 heavy (non-hydrogen) atoms. The number of hydrogen-bond donors (Lipinski definition) is 2. The number of ether oxygens (including phenoxy) is 1. The van der Waals surface area contributed by atoms with E-state index >= 15 is 0 Å². The largest absolute Gasteiger partial charge is 0.416 e. The molecule has 0 spiro atoms. The maximum Gasteiger partial charge on any atom is 0.416 e. The summed E-state index contributed by atoms with van der Waals surface area (Å²) in [5.74, 6) is -1.18. The molecule has 0 bridgehead atoms. The Bertz CT molecular complexity index is 563. The molecule has 0 aliphatic rings. The van der Waals surface area contributed by atoms with Crippen LogP contribution in [0.4, 0.5) is 26.3 Å². The first kappa shape index (κ1) is 20.2. The molecule has 0 fully saturated rings. The van der Waals surface area contributed by atoms with E-state index in [-0.39, 0.29) is 12.7 Å². The normalized spacial score (nSPS) is 15.0. The zero-order chi connectivity index (χ0) is 18.8. The highest BCUT2D eigenvalue weighted by molar-refractivity contribution is 5.94. The number of halogens is 6. The minimum Gasteiger partial charge on any atom is -0.386 e. The van der Waals surface area contributed by atoms with Crippen LogP contribution in [-0.4, -0.2) is 36.9 Å². The Morgan fingerprint density at radius 3 is 1.92 bits per heavy atom. The molecule has 0 aliphatic carbocycles. The molecule has 1 aromatic carbocycles. The van der Waals surface area contributed by atoms with Crippen molar-refractivity contribution in [3.63, 3.8) is 0 Å². The van der Waals surface area contributed by atoms with Gasteiger partial charge in [0.15, 0.2) is 0 Å². The lowest BCUT2D eigenvalue weighted by Crippen LogP contribution is -2.43. The minimum absolute atomic E-state index is 0.0716. The predicted molar refractivity (Wildman–Crippen MR) is 71.3 cm³/mol. The second kappa shape index (κ2) is 6.98. The zero-order valence-corrected chi connectivity index (χ0v) is 12.7. The summed E-state index contributed by atoms with van der Waals surface area (Å²) in [6, 6.07) is 0.559. The van der Waals surface area contributed by atoms with Crippen molar-refractivity contribution >= 4 is 5.91 Å². The third-order valence-corrected chi connectivity index (χ3v) is 2.93. The Morgan fingerprint density at radius 1 is 1.08 bits per heavy atom. The van der Waals surface area contributed by atoms with Crippen molar-refractivity contribution in [1.82, 2.24) is 5.32 Å². The maximum atomic E-state index is 12.7. The minimum atomic E-state index is -5.04. The number of nitrogens with one attached hydrogen (secondary N) is 1. The van der Waals surface area contributed by atoms with Crippen LogP contribution in [0.2, 0.25) is 0 Å². The molecule has 1 amide bonds. The fraction of sp³-hybridized carbons (Fsp3) is 0.500. The second-order valence-electron chi connectivity index (χ2n) is 5.41. The zero-order valence-electron chi connectivity index (χ0n) is 12.7. The molecule has 1 unspecified atom stereocenters. The summed E-state index contributed by atoms with van der Waals surface area (Å²) in [6.45, 7) is 0.672. The molecule has 2 N–H and O–H groups in total. The summed E-state index contributed by atoms with van der Waals surface area (Å²) in [7, 11) is 1.28. The topological polar surface area (TPSA) is 58.6 Å². The number of hydrogen-bond acceptors (Lipinski definition) is 3. The van der Waals surface area contributed by atoms with Crippen molar-refractivity contribution in [2.75, 3.05) is 20.3 Å². The van der Waals surface area contributed by atoms with Crippen molar-refractivity contribution < 1.29 is 41.0 Å². The number of carbonyl (C=O) groups is 1. The summed E-state index contributed by atoms with van der Waals surface area (Å²) in [4.78, 5) is 11.9. The van der Waals surface area contributed by atoms with Crippen LogP contribution in [0.25, 0.3) is 0 Å². The quantitative estimate of drug-likeness (QED) is 0.795. The van der Waals surface area contributed by atoms with E-state index in [2.05, 4.69) is 10.1 Å². The number of benzene rings is 1. The van der Waals surface area contributed by atoms with Crippen molar-refractivity contribution in [1.29, 1.82) is 0 Å². The molecule has 4 nitrogen and oxygen atoms in total. The summed E-state index contributed by atoms with van der Waals surface area (Å²) in [5.41, 5.74) is -5.53. The third kappa shape index (κ3) is 5.68. The lowest BCUT2D eigenvalue weighted by molar-refractivity contribution is -0.143. The Balaban J connectivity index is 3.12. The molecule has 0 saturated heterocycles. The third-order valence-electron chi connectivity index (χ3n) is 2.93. The van der Waals surface area contributed by atoms with Crippen LogP contribution in [0.1, 0.15) is 28.4 Å². The van der Waals surface area contributed by atoms with E-state index in [9.17, 15) is 36.2 Å². The lowest BCUT2D eigenvalue weighted by Gasteiger charge is -2.22. The van der Waals surface area contributed by atoms with E-state index in [1.54, 1.807) is 0 Å². The molecule has 10 heteroatoms. The smallest absolute Gasteiger partial charge is 0.386 e. The van der Waals surface area contributed by atoms with E-state index in [1.165, 1.54) is 14.0 Å². The van der Waals surface area contributed by atoms with Gasteiger partial charge in [-0.15, -0.1) is 0 Å². The number of aliphatic hydroxyl groups is 1. The summed E-state index contributed by atoms with van der Waals surface area (Å²) in [5, 5.41) is 11.9. The van der Waals surface area contributed by atoms with Crippen molar-refractivity contribution in [2.45, 2.75) is 24.9 Å². The van der Waals surface area contributed by atoms with Gasteiger partial charge in [-0.25, -0.2) is 0 Å². The highest BCUT2D eigenvalue weighted by Crippen LogP contribution is 2.36. The molecule has 0 aromatic heterocycles. The first-order valence-electron chi connectivity index (χ1n) is 6.55. The Labute approximate surface area is 133 Å². The second-order valence-corrected chi connectivity index (χ2v) is 5.41. The number of methoxy groups -OCH3 is 1. The van der Waals surface area contributed by atoms with Crippen LogP contribution in [-0.2, 0) is 17.1 Å². The Hall–Kier alpha value is -1.81. The molecular weight excluding hydrogens is 344 g/mol. The number of carbonyl (C=O) groups excluding carboxylic acids is 1.